The van der Waals surface area contributed by atoms with Gasteiger partial charge in [0, 0.05) is 16.1 Å². The number of nitrogens with one attached hydrogen (secondary N) is 1. The molecule has 2 amide bonds. The predicted octanol–water partition coefficient (Wildman–Crippen LogP) is 4.25. The van der Waals surface area contributed by atoms with Gasteiger partial charge in [0.1, 0.15) is 11.5 Å². The third-order valence-electron chi connectivity index (χ3n) is 4.23. The molecule has 0 radical (unpaired) electrons. The first-order chi connectivity index (χ1) is 13.1. The lowest BCUT2D eigenvalue weighted by atomic mass is 10.0. The first-order valence-electron chi connectivity index (χ1n) is 8.72. The van der Waals surface area contributed by atoms with Gasteiger partial charge in [0.25, 0.3) is 11.8 Å². The SMILES string of the molecule is COc1cc(Cl)ccc1C(=O)N(NC(=O)c1cccc(OC)c1C)C(C)(C)C. The zero-order chi connectivity index (χ0) is 21.1. The standard InChI is InChI=1S/C21H25ClN2O4/c1-13-15(8-7-9-17(13)27-5)19(25)23-24(21(2,3)4)20(26)16-11-10-14(22)12-18(16)28-6/h7-12H,1-6H3,(H,23,25). The number of carbonyl (C=O) groups excluding carboxylic acids is 2. The predicted molar refractivity (Wildman–Crippen MR) is 109 cm³/mol. The Morgan fingerprint density at radius 1 is 1.00 bits per heavy atom. The molecule has 0 unspecified atom stereocenters. The van der Waals surface area contributed by atoms with Crippen molar-refractivity contribution in [3.63, 3.8) is 0 Å². The molecule has 2 rings (SSSR count). The van der Waals surface area contributed by atoms with Crippen LogP contribution in [0.25, 0.3) is 0 Å². The largest absolute Gasteiger partial charge is 0.496 e. The first kappa shape index (κ1) is 21.6. The van der Waals surface area contributed by atoms with Crippen LogP contribution in [-0.2, 0) is 0 Å². The minimum Gasteiger partial charge on any atom is -0.496 e. The number of methoxy groups -OCH3 is 2. The van der Waals surface area contributed by atoms with Gasteiger partial charge in [0.15, 0.2) is 0 Å². The number of benzene rings is 2. The lowest BCUT2D eigenvalue weighted by molar-refractivity contribution is 0.0355. The Balaban J connectivity index is 2.41. The van der Waals surface area contributed by atoms with Crippen LogP contribution in [0.5, 0.6) is 11.5 Å². The van der Waals surface area contributed by atoms with Crippen molar-refractivity contribution in [2.45, 2.75) is 33.2 Å². The van der Waals surface area contributed by atoms with Crippen molar-refractivity contribution in [3.05, 3.63) is 58.1 Å². The summed E-state index contributed by atoms with van der Waals surface area (Å²) < 4.78 is 10.6. The third-order valence-corrected chi connectivity index (χ3v) is 4.46. The van der Waals surface area contributed by atoms with Crippen LogP contribution >= 0.6 is 11.6 Å². The highest BCUT2D eigenvalue weighted by atomic mass is 35.5. The van der Waals surface area contributed by atoms with Crippen molar-refractivity contribution in [2.75, 3.05) is 14.2 Å². The maximum atomic E-state index is 13.2. The molecule has 0 aromatic heterocycles. The molecule has 150 valence electrons. The first-order valence-corrected chi connectivity index (χ1v) is 9.10. The number of nitrogens with zero attached hydrogens (tertiary/aromatic N) is 1. The molecule has 0 aliphatic carbocycles. The van der Waals surface area contributed by atoms with E-state index >= 15 is 0 Å². The van der Waals surface area contributed by atoms with E-state index in [4.69, 9.17) is 21.1 Å². The Morgan fingerprint density at radius 3 is 2.21 bits per heavy atom. The lowest BCUT2D eigenvalue weighted by Crippen LogP contribution is -2.56. The molecule has 28 heavy (non-hydrogen) atoms. The number of carbonyl (C=O) groups is 2. The second-order valence-electron chi connectivity index (χ2n) is 7.23. The van der Waals surface area contributed by atoms with Crippen LogP contribution in [0.3, 0.4) is 0 Å². The van der Waals surface area contributed by atoms with E-state index in [0.29, 0.717) is 33.2 Å². The smallest absolute Gasteiger partial charge is 0.276 e. The van der Waals surface area contributed by atoms with Gasteiger partial charge >= 0.3 is 0 Å². The number of halogens is 1. The van der Waals surface area contributed by atoms with Crippen molar-refractivity contribution in [1.82, 2.24) is 10.4 Å². The second-order valence-corrected chi connectivity index (χ2v) is 7.67. The molecule has 6 nitrogen and oxygen atoms in total. The van der Waals surface area contributed by atoms with Gasteiger partial charge in [-0.25, -0.2) is 5.01 Å². The van der Waals surface area contributed by atoms with E-state index in [1.54, 1.807) is 50.4 Å². The molecular formula is C21H25ClN2O4. The maximum absolute atomic E-state index is 13.2. The van der Waals surface area contributed by atoms with Crippen molar-refractivity contribution in [1.29, 1.82) is 0 Å². The molecule has 7 heteroatoms. The Morgan fingerprint density at radius 2 is 1.64 bits per heavy atom. The van der Waals surface area contributed by atoms with Crippen LogP contribution < -0.4 is 14.9 Å². The van der Waals surface area contributed by atoms with Gasteiger partial charge in [-0.3, -0.25) is 15.0 Å². The number of hydrogen-bond donors (Lipinski definition) is 1. The van der Waals surface area contributed by atoms with Crippen LogP contribution in [0.15, 0.2) is 36.4 Å². The summed E-state index contributed by atoms with van der Waals surface area (Å²) in [7, 11) is 3.00. The fraction of sp³-hybridized carbons (Fsp3) is 0.333. The van der Waals surface area contributed by atoms with Gasteiger partial charge in [-0.05, 0) is 58.0 Å². The monoisotopic (exact) mass is 404 g/mol. The van der Waals surface area contributed by atoms with E-state index in [1.807, 2.05) is 20.8 Å². The Bertz CT molecular complexity index is 890. The molecule has 0 aliphatic rings. The van der Waals surface area contributed by atoms with E-state index in [0.717, 1.165) is 0 Å². The Kier molecular flexibility index (Phi) is 6.56. The number of amides is 2. The molecular weight excluding hydrogens is 380 g/mol. The van der Waals surface area contributed by atoms with Crippen LogP contribution in [0, 0.1) is 6.92 Å². The van der Waals surface area contributed by atoms with Gasteiger partial charge in [-0.1, -0.05) is 17.7 Å². The highest BCUT2D eigenvalue weighted by Gasteiger charge is 2.31. The highest BCUT2D eigenvalue weighted by molar-refractivity contribution is 6.30. The van der Waals surface area contributed by atoms with Crippen LogP contribution in [0.2, 0.25) is 5.02 Å². The van der Waals surface area contributed by atoms with Crippen molar-refractivity contribution in [2.24, 2.45) is 0 Å². The minimum absolute atomic E-state index is 0.296. The fourth-order valence-electron chi connectivity index (χ4n) is 2.73. The van der Waals surface area contributed by atoms with Crippen LogP contribution in [-0.4, -0.2) is 36.6 Å². The van der Waals surface area contributed by atoms with E-state index < -0.39 is 17.4 Å². The van der Waals surface area contributed by atoms with Gasteiger partial charge in [0.2, 0.25) is 0 Å². The molecule has 0 saturated carbocycles. The van der Waals surface area contributed by atoms with Gasteiger partial charge in [-0.15, -0.1) is 0 Å². The number of hydrogen-bond acceptors (Lipinski definition) is 4. The number of ether oxygens (including phenoxy) is 2. The van der Waals surface area contributed by atoms with E-state index in [-0.39, 0.29) is 0 Å². The van der Waals surface area contributed by atoms with E-state index in [2.05, 4.69) is 5.43 Å². The van der Waals surface area contributed by atoms with Gasteiger partial charge in [-0.2, -0.15) is 0 Å². The lowest BCUT2D eigenvalue weighted by Gasteiger charge is -2.36. The second kappa shape index (κ2) is 8.52. The molecule has 1 N–H and O–H groups in total. The zero-order valence-electron chi connectivity index (χ0n) is 16.9. The topological polar surface area (TPSA) is 67.9 Å². The highest BCUT2D eigenvalue weighted by Crippen LogP contribution is 2.27. The molecule has 0 spiro atoms. The summed E-state index contributed by atoms with van der Waals surface area (Å²) in [5.41, 5.74) is 3.44. The van der Waals surface area contributed by atoms with E-state index in [9.17, 15) is 9.59 Å². The number of rotatable bonds is 4. The third kappa shape index (κ3) is 4.57. The summed E-state index contributed by atoms with van der Waals surface area (Å²) in [5, 5.41) is 1.74. The summed E-state index contributed by atoms with van der Waals surface area (Å²) in [4.78, 5) is 26.1. The summed E-state index contributed by atoms with van der Waals surface area (Å²) in [5.74, 6) is 0.113. The van der Waals surface area contributed by atoms with E-state index in [1.165, 1.54) is 12.1 Å². The summed E-state index contributed by atoms with van der Waals surface area (Å²) in [6.45, 7) is 7.27. The minimum atomic E-state index is -0.690. The number of hydrazine groups is 1. The quantitative estimate of drug-likeness (QED) is 0.773. The summed E-state index contributed by atoms with van der Waals surface area (Å²) in [6, 6.07) is 9.92. The van der Waals surface area contributed by atoms with Crippen LogP contribution in [0.4, 0.5) is 0 Å². The maximum Gasteiger partial charge on any atom is 0.276 e. The van der Waals surface area contributed by atoms with Gasteiger partial charge in [0.05, 0.1) is 25.3 Å². The summed E-state index contributed by atoms with van der Waals surface area (Å²) >= 11 is 5.99. The molecule has 0 aliphatic heterocycles. The molecule has 0 saturated heterocycles. The molecule has 2 aromatic carbocycles. The molecule has 0 bridgehead atoms. The average molecular weight is 405 g/mol. The van der Waals surface area contributed by atoms with Crippen molar-refractivity contribution >= 4 is 23.4 Å². The normalized spacial score (nSPS) is 11.0. The Hall–Kier alpha value is -2.73. The van der Waals surface area contributed by atoms with Crippen LogP contribution in [0.1, 0.15) is 47.1 Å². The average Bonchev–Trinajstić information content (AvgIpc) is 2.64. The zero-order valence-corrected chi connectivity index (χ0v) is 17.7. The van der Waals surface area contributed by atoms with Crippen molar-refractivity contribution in [3.8, 4) is 11.5 Å². The molecule has 0 fully saturated rings. The molecule has 0 atom stereocenters. The van der Waals surface area contributed by atoms with Crippen molar-refractivity contribution < 1.29 is 19.1 Å². The summed E-state index contributed by atoms with van der Waals surface area (Å²) in [6.07, 6.45) is 0. The molecule has 0 heterocycles. The fourth-order valence-corrected chi connectivity index (χ4v) is 2.89. The Labute approximate surface area is 170 Å². The van der Waals surface area contributed by atoms with Gasteiger partial charge < -0.3 is 9.47 Å². The molecule has 2 aromatic rings.